The Kier molecular flexibility index (Phi) is 9.10. The van der Waals surface area contributed by atoms with E-state index in [4.69, 9.17) is 4.74 Å². The summed E-state index contributed by atoms with van der Waals surface area (Å²) in [6.07, 6.45) is 1.87. The molecule has 1 aliphatic heterocycles. The normalized spacial score (nSPS) is 17.9. The molecule has 1 fully saturated rings. The summed E-state index contributed by atoms with van der Waals surface area (Å²) in [7, 11) is 1.78. The van der Waals surface area contributed by atoms with Crippen molar-refractivity contribution in [3.63, 3.8) is 0 Å². The van der Waals surface area contributed by atoms with E-state index < -0.39 is 0 Å². The first-order valence-electron chi connectivity index (χ1n) is 8.31. The van der Waals surface area contributed by atoms with Crippen LogP contribution in [0.25, 0.3) is 0 Å². The molecule has 1 aliphatic rings. The number of nitrogens with one attached hydrogen (secondary N) is 1. The number of carbonyl (C=O) groups excluding carboxylic acids is 1. The molecule has 1 saturated heterocycles. The number of benzene rings is 1. The monoisotopic (exact) mass is 445 g/mol. The number of hydrogen-bond acceptors (Lipinski definition) is 3. The molecule has 0 amide bonds. The van der Waals surface area contributed by atoms with Crippen LogP contribution in [0.4, 0.5) is 0 Å². The van der Waals surface area contributed by atoms with Crippen molar-refractivity contribution in [2.75, 3.05) is 26.7 Å². The summed E-state index contributed by atoms with van der Waals surface area (Å²) in [5, 5.41) is 3.40. The van der Waals surface area contributed by atoms with Crippen molar-refractivity contribution in [3.05, 3.63) is 35.4 Å². The molecule has 1 atom stereocenters. The summed E-state index contributed by atoms with van der Waals surface area (Å²) >= 11 is 0. The smallest absolute Gasteiger partial charge is 0.310 e. The average molecular weight is 445 g/mol. The Balaban J connectivity index is 0.00000288. The van der Waals surface area contributed by atoms with Crippen LogP contribution in [0.1, 0.15) is 30.9 Å². The highest BCUT2D eigenvalue weighted by molar-refractivity contribution is 14.0. The van der Waals surface area contributed by atoms with E-state index in [2.05, 4.69) is 46.4 Å². The number of carbonyl (C=O) groups is 1. The third kappa shape index (κ3) is 5.96. The Morgan fingerprint density at radius 2 is 2.25 bits per heavy atom. The second-order valence-electron chi connectivity index (χ2n) is 5.93. The molecule has 6 heteroatoms. The van der Waals surface area contributed by atoms with Gasteiger partial charge in [0.2, 0.25) is 0 Å². The maximum atomic E-state index is 12.0. The average Bonchev–Trinajstić information content (AvgIpc) is 2.56. The van der Waals surface area contributed by atoms with Gasteiger partial charge in [0.15, 0.2) is 5.96 Å². The van der Waals surface area contributed by atoms with Gasteiger partial charge in [0.1, 0.15) is 0 Å². The maximum Gasteiger partial charge on any atom is 0.310 e. The van der Waals surface area contributed by atoms with E-state index >= 15 is 0 Å². The molecule has 1 heterocycles. The fourth-order valence-electron chi connectivity index (χ4n) is 2.96. The Morgan fingerprint density at radius 1 is 1.46 bits per heavy atom. The number of halogens is 1. The zero-order chi connectivity index (χ0) is 16.7. The van der Waals surface area contributed by atoms with Crippen LogP contribution in [-0.4, -0.2) is 43.6 Å². The topological polar surface area (TPSA) is 53.9 Å². The van der Waals surface area contributed by atoms with Gasteiger partial charge in [-0.05, 0) is 32.3 Å². The van der Waals surface area contributed by atoms with Crippen LogP contribution < -0.4 is 5.32 Å². The van der Waals surface area contributed by atoms with Crippen LogP contribution in [0.5, 0.6) is 0 Å². The molecule has 0 aromatic heterocycles. The van der Waals surface area contributed by atoms with Gasteiger partial charge in [-0.3, -0.25) is 9.79 Å². The van der Waals surface area contributed by atoms with Crippen LogP contribution in [0.2, 0.25) is 0 Å². The Bertz CT molecular complexity index is 563. The van der Waals surface area contributed by atoms with Gasteiger partial charge in [0.25, 0.3) is 0 Å². The largest absolute Gasteiger partial charge is 0.466 e. The van der Waals surface area contributed by atoms with E-state index in [1.165, 1.54) is 11.1 Å². The molecule has 0 aliphatic carbocycles. The standard InChI is InChI=1S/C18H27N3O2.HI/c1-4-23-17(22)16-9-6-10-21(13-16)18(19-3)20-12-15-8-5-7-14(2)11-15;/h5,7-8,11,16H,4,6,9-10,12-13H2,1-3H3,(H,19,20);1H. The molecule has 1 aromatic carbocycles. The first kappa shape index (κ1) is 20.7. The summed E-state index contributed by atoms with van der Waals surface area (Å²) in [6, 6.07) is 8.42. The number of esters is 1. The number of guanidine groups is 1. The predicted molar refractivity (Wildman–Crippen MR) is 108 cm³/mol. The zero-order valence-electron chi connectivity index (χ0n) is 14.7. The molecule has 1 unspecified atom stereocenters. The first-order valence-corrected chi connectivity index (χ1v) is 8.31. The minimum absolute atomic E-state index is 0. The van der Waals surface area contributed by atoms with Crippen LogP contribution in [0.3, 0.4) is 0 Å². The first-order chi connectivity index (χ1) is 11.1. The Morgan fingerprint density at radius 3 is 2.92 bits per heavy atom. The predicted octanol–water partition coefficient (Wildman–Crippen LogP) is 2.96. The van der Waals surface area contributed by atoms with Crippen molar-refractivity contribution in [3.8, 4) is 0 Å². The van der Waals surface area contributed by atoms with Crippen LogP contribution in [-0.2, 0) is 16.1 Å². The van der Waals surface area contributed by atoms with Crippen molar-refractivity contribution in [1.82, 2.24) is 10.2 Å². The molecular weight excluding hydrogens is 417 g/mol. The highest BCUT2D eigenvalue weighted by Gasteiger charge is 2.28. The third-order valence-corrected chi connectivity index (χ3v) is 4.09. The number of rotatable bonds is 4. The van der Waals surface area contributed by atoms with Gasteiger partial charge in [-0.15, -0.1) is 24.0 Å². The highest BCUT2D eigenvalue weighted by Crippen LogP contribution is 2.18. The lowest BCUT2D eigenvalue weighted by molar-refractivity contribution is -0.149. The Hall–Kier alpha value is -1.31. The summed E-state index contributed by atoms with van der Waals surface area (Å²) in [5.74, 6) is 0.702. The summed E-state index contributed by atoms with van der Waals surface area (Å²) in [4.78, 5) is 18.5. The maximum absolute atomic E-state index is 12.0. The number of ether oxygens (including phenoxy) is 1. The number of nitrogens with zero attached hydrogens (tertiary/aromatic N) is 2. The van der Waals surface area contributed by atoms with Crippen molar-refractivity contribution >= 4 is 35.9 Å². The Labute approximate surface area is 161 Å². The lowest BCUT2D eigenvalue weighted by atomic mass is 9.98. The SMILES string of the molecule is CCOC(=O)C1CCCN(C(=NC)NCc2cccc(C)c2)C1.I. The van der Waals surface area contributed by atoms with Crippen LogP contribution in [0, 0.1) is 12.8 Å². The minimum atomic E-state index is -0.0914. The second kappa shape index (κ2) is 10.5. The van der Waals surface area contributed by atoms with E-state index in [1.807, 2.05) is 6.92 Å². The van der Waals surface area contributed by atoms with Gasteiger partial charge in [-0.1, -0.05) is 29.8 Å². The number of piperidine rings is 1. The second-order valence-corrected chi connectivity index (χ2v) is 5.93. The third-order valence-electron chi connectivity index (χ3n) is 4.09. The summed E-state index contributed by atoms with van der Waals surface area (Å²) < 4.78 is 5.16. The molecule has 0 radical (unpaired) electrons. The van der Waals surface area contributed by atoms with Gasteiger partial charge >= 0.3 is 5.97 Å². The van der Waals surface area contributed by atoms with E-state index in [0.29, 0.717) is 13.2 Å². The molecule has 0 saturated carbocycles. The minimum Gasteiger partial charge on any atom is -0.466 e. The summed E-state index contributed by atoms with van der Waals surface area (Å²) in [5.41, 5.74) is 2.48. The van der Waals surface area contributed by atoms with E-state index in [1.54, 1.807) is 7.05 Å². The van der Waals surface area contributed by atoms with Crippen molar-refractivity contribution < 1.29 is 9.53 Å². The fraction of sp³-hybridized carbons (Fsp3) is 0.556. The van der Waals surface area contributed by atoms with Gasteiger partial charge in [-0.2, -0.15) is 0 Å². The van der Waals surface area contributed by atoms with Crippen molar-refractivity contribution in [2.45, 2.75) is 33.2 Å². The van der Waals surface area contributed by atoms with Crippen LogP contribution >= 0.6 is 24.0 Å². The number of aliphatic imine (C=N–C) groups is 1. The zero-order valence-corrected chi connectivity index (χ0v) is 17.1. The van der Waals surface area contributed by atoms with Crippen molar-refractivity contribution in [2.24, 2.45) is 10.9 Å². The highest BCUT2D eigenvalue weighted by atomic mass is 127. The molecule has 0 spiro atoms. The molecule has 5 nitrogen and oxygen atoms in total. The van der Waals surface area contributed by atoms with Gasteiger partial charge in [0, 0.05) is 26.7 Å². The van der Waals surface area contributed by atoms with Crippen molar-refractivity contribution in [1.29, 1.82) is 0 Å². The molecule has 1 aromatic rings. The number of hydrogen-bond donors (Lipinski definition) is 1. The number of likely N-dealkylation sites (tertiary alicyclic amines) is 1. The van der Waals surface area contributed by atoms with E-state index in [-0.39, 0.29) is 35.9 Å². The quantitative estimate of drug-likeness (QED) is 0.335. The van der Waals surface area contributed by atoms with E-state index in [9.17, 15) is 4.79 Å². The van der Waals surface area contributed by atoms with Crippen LogP contribution in [0.15, 0.2) is 29.3 Å². The summed E-state index contributed by atoms with van der Waals surface area (Å²) in [6.45, 7) is 6.70. The number of aryl methyl sites for hydroxylation is 1. The van der Waals surface area contributed by atoms with E-state index in [0.717, 1.165) is 31.9 Å². The molecule has 0 bridgehead atoms. The fourth-order valence-corrected chi connectivity index (χ4v) is 2.96. The lowest BCUT2D eigenvalue weighted by Gasteiger charge is -2.34. The molecular formula is C18H28IN3O2. The molecule has 24 heavy (non-hydrogen) atoms. The molecule has 1 N–H and O–H groups in total. The lowest BCUT2D eigenvalue weighted by Crippen LogP contribution is -2.48. The van der Waals surface area contributed by atoms with Gasteiger partial charge < -0.3 is 15.0 Å². The molecule has 134 valence electrons. The van der Waals surface area contributed by atoms with Gasteiger partial charge in [-0.25, -0.2) is 0 Å². The molecule has 2 rings (SSSR count). The van der Waals surface area contributed by atoms with Gasteiger partial charge in [0.05, 0.1) is 12.5 Å².